The molecule has 1 aliphatic carbocycles. The first-order valence-electron chi connectivity index (χ1n) is 6.34. The average molecular weight is 262 g/mol. The van der Waals surface area contributed by atoms with E-state index in [1.54, 1.807) is 13.0 Å². The Balaban J connectivity index is 2.51. The summed E-state index contributed by atoms with van der Waals surface area (Å²) in [4.78, 5) is 27.9. The normalized spacial score (nSPS) is 16.9. The molecule has 0 saturated carbocycles. The molecule has 2 N–H and O–H groups in total. The molecule has 0 radical (unpaired) electrons. The number of hydrogen-bond acceptors (Lipinski definition) is 5. The number of anilines is 1. The quantitative estimate of drug-likeness (QED) is 0.819. The van der Waals surface area contributed by atoms with Gasteiger partial charge in [0.25, 0.3) is 0 Å². The van der Waals surface area contributed by atoms with Gasteiger partial charge in [-0.1, -0.05) is 13.8 Å². The first-order valence-corrected chi connectivity index (χ1v) is 6.34. The van der Waals surface area contributed by atoms with Crippen LogP contribution in [0.3, 0.4) is 0 Å². The van der Waals surface area contributed by atoms with Crippen LogP contribution in [0.25, 0.3) is 0 Å². The van der Waals surface area contributed by atoms with Crippen molar-refractivity contribution in [1.29, 1.82) is 0 Å². The molecule has 0 unspecified atom stereocenters. The van der Waals surface area contributed by atoms with Crippen LogP contribution >= 0.6 is 0 Å². The number of nitrogens with two attached hydrogens (primary N) is 1. The zero-order valence-electron chi connectivity index (χ0n) is 11.4. The molecule has 1 heterocycles. The number of hydrogen-bond donors (Lipinski definition) is 1. The number of ether oxygens (including phenoxy) is 1. The molecule has 0 aliphatic heterocycles. The van der Waals surface area contributed by atoms with Crippen LogP contribution in [0, 0.1) is 0 Å². The fourth-order valence-electron chi connectivity index (χ4n) is 2.51. The van der Waals surface area contributed by atoms with E-state index in [-0.39, 0.29) is 29.2 Å². The van der Waals surface area contributed by atoms with E-state index in [1.165, 1.54) is 0 Å². The van der Waals surface area contributed by atoms with E-state index in [1.807, 2.05) is 13.8 Å². The Morgan fingerprint density at radius 2 is 2.21 bits per heavy atom. The van der Waals surface area contributed by atoms with E-state index in [2.05, 4.69) is 4.98 Å². The largest absolute Gasteiger partial charge is 0.462 e. The van der Waals surface area contributed by atoms with Gasteiger partial charge in [-0.05, 0) is 18.6 Å². The van der Waals surface area contributed by atoms with Crippen LogP contribution in [-0.2, 0) is 21.4 Å². The van der Waals surface area contributed by atoms with Crippen molar-refractivity contribution in [3.05, 3.63) is 22.9 Å². The molecule has 5 heteroatoms. The summed E-state index contributed by atoms with van der Waals surface area (Å²) in [5.74, 6) is -0.176. The van der Waals surface area contributed by atoms with Crippen molar-refractivity contribution in [2.45, 2.75) is 39.0 Å². The molecule has 1 aliphatic rings. The van der Waals surface area contributed by atoms with Crippen molar-refractivity contribution in [1.82, 2.24) is 4.98 Å². The lowest BCUT2D eigenvalue weighted by Crippen LogP contribution is -2.32. The highest BCUT2D eigenvalue weighted by Crippen LogP contribution is 2.35. The van der Waals surface area contributed by atoms with Crippen LogP contribution in [0.15, 0.2) is 6.07 Å². The lowest BCUT2D eigenvalue weighted by Gasteiger charge is -2.30. The highest BCUT2D eigenvalue weighted by atomic mass is 16.5. The summed E-state index contributed by atoms with van der Waals surface area (Å²) in [7, 11) is 0. The maximum Gasteiger partial charge on any atom is 0.341 e. The summed E-state index contributed by atoms with van der Waals surface area (Å²) in [5.41, 5.74) is 7.31. The molecule has 1 aromatic rings. The monoisotopic (exact) mass is 262 g/mol. The fourth-order valence-corrected chi connectivity index (χ4v) is 2.51. The number of carbonyl (C=O) groups is 2. The zero-order valence-corrected chi connectivity index (χ0v) is 11.4. The molecule has 0 amide bonds. The van der Waals surface area contributed by atoms with Crippen LogP contribution in [0.1, 0.15) is 48.8 Å². The first-order chi connectivity index (χ1) is 8.85. The van der Waals surface area contributed by atoms with Gasteiger partial charge in [-0.3, -0.25) is 4.79 Å². The van der Waals surface area contributed by atoms with Crippen molar-refractivity contribution >= 4 is 17.6 Å². The second-order valence-electron chi connectivity index (χ2n) is 5.43. The fraction of sp³-hybridized carbons (Fsp3) is 0.500. The van der Waals surface area contributed by atoms with Gasteiger partial charge in [0.2, 0.25) is 0 Å². The number of fused-ring (bicyclic) bond motifs is 1. The number of nitrogens with zero attached hydrogens (tertiary/aromatic N) is 1. The van der Waals surface area contributed by atoms with Crippen LogP contribution in [-0.4, -0.2) is 23.3 Å². The van der Waals surface area contributed by atoms with E-state index < -0.39 is 5.97 Å². The van der Waals surface area contributed by atoms with E-state index in [9.17, 15) is 9.59 Å². The summed E-state index contributed by atoms with van der Waals surface area (Å²) in [6, 6.07) is 1.65. The Hall–Kier alpha value is -1.91. The van der Waals surface area contributed by atoms with Gasteiger partial charge in [0.1, 0.15) is 17.2 Å². The molecule has 0 aromatic carbocycles. The minimum absolute atomic E-state index is 0.152. The summed E-state index contributed by atoms with van der Waals surface area (Å²) in [5, 5.41) is 0. The smallest absolute Gasteiger partial charge is 0.341 e. The molecule has 2 rings (SSSR count). The van der Waals surface area contributed by atoms with Crippen LogP contribution in [0.4, 0.5) is 5.82 Å². The third kappa shape index (κ3) is 2.45. The number of pyridine rings is 1. The highest BCUT2D eigenvalue weighted by molar-refractivity contribution is 5.95. The SMILES string of the molecule is CCOC(=O)c1cc2c(nc1N)C(C)(C)CC(=O)C2. The average Bonchev–Trinajstić information content (AvgIpc) is 2.29. The van der Waals surface area contributed by atoms with E-state index >= 15 is 0 Å². The van der Waals surface area contributed by atoms with Gasteiger partial charge < -0.3 is 10.5 Å². The third-order valence-corrected chi connectivity index (χ3v) is 3.29. The van der Waals surface area contributed by atoms with Crippen molar-refractivity contribution in [3.63, 3.8) is 0 Å². The van der Waals surface area contributed by atoms with Crippen molar-refractivity contribution in [2.75, 3.05) is 12.3 Å². The van der Waals surface area contributed by atoms with Gasteiger partial charge in [0, 0.05) is 18.3 Å². The highest BCUT2D eigenvalue weighted by Gasteiger charge is 2.34. The van der Waals surface area contributed by atoms with Gasteiger partial charge in [-0.15, -0.1) is 0 Å². The van der Waals surface area contributed by atoms with Crippen LogP contribution in [0.5, 0.6) is 0 Å². The topological polar surface area (TPSA) is 82.3 Å². The second-order valence-corrected chi connectivity index (χ2v) is 5.43. The molecule has 0 saturated heterocycles. The first kappa shape index (κ1) is 13.5. The Labute approximate surface area is 112 Å². The van der Waals surface area contributed by atoms with Crippen molar-refractivity contribution in [2.24, 2.45) is 0 Å². The number of nitrogen functional groups attached to an aromatic ring is 1. The lowest BCUT2D eigenvalue weighted by molar-refractivity contribution is -0.120. The molecule has 0 spiro atoms. The molecular formula is C14H18N2O3. The molecular weight excluding hydrogens is 244 g/mol. The van der Waals surface area contributed by atoms with E-state index in [0.29, 0.717) is 12.8 Å². The minimum atomic E-state index is -0.494. The third-order valence-electron chi connectivity index (χ3n) is 3.29. The van der Waals surface area contributed by atoms with Gasteiger partial charge >= 0.3 is 5.97 Å². The van der Waals surface area contributed by atoms with Crippen LogP contribution < -0.4 is 5.73 Å². The molecule has 5 nitrogen and oxygen atoms in total. The maximum absolute atomic E-state index is 11.8. The van der Waals surface area contributed by atoms with Crippen molar-refractivity contribution in [3.8, 4) is 0 Å². The minimum Gasteiger partial charge on any atom is -0.462 e. The Kier molecular flexibility index (Phi) is 3.30. The second kappa shape index (κ2) is 4.64. The van der Waals surface area contributed by atoms with E-state index in [0.717, 1.165) is 11.3 Å². The predicted molar refractivity (Wildman–Crippen MR) is 71.0 cm³/mol. The van der Waals surface area contributed by atoms with Crippen molar-refractivity contribution < 1.29 is 14.3 Å². The maximum atomic E-state index is 11.8. The van der Waals surface area contributed by atoms with Crippen LogP contribution in [0.2, 0.25) is 0 Å². The van der Waals surface area contributed by atoms with Gasteiger partial charge in [0.15, 0.2) is 0 Å². The number of esters is 1. The summed E-state index contributed by atoms with van der Waals surface area (Å²) in [6.07, 6.45) is 0.754. The molecule has 1 aromatic heterocycles. The molecule has 102 valence electrons. The number of carbonyl (C=O) groups excluding carboxylic acids is 2. The van der Waals surface area contributed by atoms with Gasteiger partial charge in [-0.2, -0.15) is 0 Å². The number of aromatic nitrogens is 1. The lowest BCUT2D eigenvalue weighted by atomic mass is 9.75. The molecule has 19 heavy (non-hydrogen) atoms. The molecule has 0 bridgehead atoms. The Morgan fingerprint density at radius 1 is 1.53 bits per heavy atom. The summed E-state index contributed by atoms with van der Waals surface area (Å²) < 4.78 is 4.93. The number of rotatable bonds is 2. The number of ketones is 1. The predicted octanol–water partition coefficient (Wildman–Crippen LogP) is 1.63. The Morgan fingerprint density at radius 3 is 2.84 bits per heavy atom. The molecule has 0 fully saturated rings. The Bertz CT molecular complexity index is 550. The molecule has 0 atom stereocenters. The number of Topliss-reactive ketones (excluding diaryl/α,β-unsaturated/α-hetero) is 1. The summed E-state index contributed by atoms with van der Waals surface area (Å²) in [6.45, 7) is 5.92. The van der Waals surface area contributed by atoms with Gasteiger partial charge in [-0.25, -0.2) is 9.78 Å². The van der Waals surface area contributed by atoms with Gasteiger partial charge in [0.05, 0.1) is 12.3 Å². The zero-order chi connectivity index (χ0) is 14.2. The van der Waals surface area contributed by atoms with E-state index in [4.69, 9.17) is 10.5 Å². The standard InChI is InChI=1S/C14H18N2O3/c1-4-19-13(18)10-6-8-5-9(17)7-14(2,3)11(8)16-12(10)15/h6H,4-5,7H2,1-3H3,(H2,15,16). The summed E-state index contributed by atoms with van der Waals surface area (Å²) >= 11 is 0.